The zero-order valence-corrected chi connectivity index (χ0v) is 14.1. The van der Waals surface area contributed by atoms with Crippen molar-refractivity contribution in [2.75, 3.05) is 12.1 Å². The highest BCUT2D eigenvalue weighted by atomic mass is 19.1. The van der Waals surface area contributed by atoms with E-state index in [-0.39, 0.29) is 36.8 Å². The molecule has 2 aromatic rings. The molecule has 3 rings (SSSR count). The minimum absolute atomic E-state index is 0.0992. The predicted octanol–water partition coefficient (Wildman–Crippen LogP) is 3.06. The average Bonchev–Trinajstić information content (AvgIpc) is 2.67. The van der Waals surface area contributed by atoms with E-state index < -0.39 is 11.8 Å². The molecule has 0 N–H and O–H groups in total. The van der Waals surface area contributed by atoms with Gasteiger partial charge in [-0.3, -0.25) is 4.79 Å². The molecule has 7 heteroatoms. The molecule has 0 bridgehead atoms. The fourth-order valence-electron chi connectivity index (χ4n) is 2.50. The first-order valence-electron chi connectivity index (χ1n) is 8.03. The van der Waals surface area contributed by atoms with Crippen LogP contribution in [0.2, 0.25) is 0 Å². The van der Waals surface area contributed by atoms with Gasteiger partial charge in [0.05, 0.1) is 12.8 Å². The molecule has 0 unspecified atom stereocenters. The number of esters is 1. The summed E-state index contributed by atoms with van der Waals surface area (Å²) in [7, 11) is 1.37. The molecule has 134 valence electrons. The Hall–Kier alpha value is -3.22. The second-order valence-corrected chi connectivity index (χ2v) is 5.63. The van der Waals surface area contributed by atoms with Crippen LogP contribution in [0.15, 0.2) is 53.6 Å². The molecular weight excluding hydrogens is 339 g/mol. The van der Waals surface area contributed by atoms with Crippen LogP contribution in [0.4, 0.5) is 10.1 Å². The molecule has 2 aromatic carbocycles. The van der Waals surface area contributed by atoms with E-state index in [1.807, 2.05) is 6.07 Å². The Morgan fingerprint density at radius 1 is 1.19 bits per heavy atom. The van der Waals surface area contributed by atoms with E-state index in [2.05, 4.69) is 5.10 Å². The van der Waals surface area contributed by atoms with Gasteiger partial charge in [-0.2, -0.15) is 5.10 Å². The number of carbonyl (C=O) groups is 2. The van der Waals surface area contributed by atoms with E-state index in [4.69, 9.17) is 9.47 Å². The van der Waals surface area contributed by atoms with E-state index in [9.17, 15) is 14.0 Å². The van der Waals surface area contributed by atoms with Gasteiger partial charge < -0.3 is 9.47 Å². The SMILES string of the molecule is COc1ccc(COC(=O)C2=NN(c3ccccc3)C(=O)CC2)cc1F. The van der Waals surface area contributed by atoms with Crippen molar-refractivity contribution in [3.63, 3.8) is 0 Å². The lowest BCUT2D eigenvalue weighted by Gasteiger charge is -2.22. The lowest BCUT2D eigenvalue weighted by molar-refractivity contribution is -0.137. The van der Waals surface area contributed by atoms with Crippen molar-refractivity contribution in [2.45, 2.75) is 19.4 Å². The molecule has 0 spiro atoms. The molecule has 0 saturated heterocycles. The van der Waals surface area contributed by atoms with Crippen molar-refractivity contribution in [2.24, 2.45) is 5.10 Å². The Morgan fingerprint density at radius 2 is 1.96 bits per heavy atom. The molecule has 1 aliphatic heterocycles. The average molecular weight is 356 g/mol. The van der Waals surface area contributed by atoms with Crippen LogP contribution >= 0.6 is 0 Å². The quantitative estimate of drug-likeness (QED) is 0.772. The molecule has 6 nitrogen and oxygen atoms in total. The monoisotopic (exact) mass is 356 g/mol. The maximum atomic E-state index is 13.7. The van der Waals surface area contributed by atoms with Crippen LogP contribution in [0.25, 0.3) is 0 Å². The third-order valence-electron chi connectivity index (χ3n) is 3.86. The van der Waals surface area contributed by atoms with Crippen LogP contribution in [0, 0.1) is 5.82 Å². The van der Waals surface area contributed by atoms with E-state index in [0.29, 0.717) is 11.3 Å². The zero-order valence-electron chi connectivity index (χ0n) is 14.1. The van der Waals surface area contributed by atoms with E-state index in [1.54, 1.807) is 30.3 Å². The van der Waals surface area contributed by atoms with Crippen LogP contribution in [-0.4, -0.2) is 24.7 Å². The van der Waals surface area contributed by atoms with Crippen molar-refractivity contribution in [1.82, 2.24) is 0 Å². The van der Waals surface area contributed by atoms with Crippen LogP contribution in [0.5, 0.6) is 5.75 Å². The number of hydrazone groups is 1. The van der Waals surface area contributed by atoms with Gasteiger partial charge in [0, 0.05) is 12.8 Å². The Balaban J connectivity index is 1.69. The van der Waals surface area contributed by atoms with Gasteiger partial charge in [0.25, 0.3) is 0 Å². The highest BCUT2D eigenvalue weighted by molar-refractivity contribution is 6.37. The number of benzene rings is 2. The second kappa shape index (κ2) is 7.77. The van der Waals surface area contributed by atoms with Gasteiger partial charge in [0.1, 0.15) is 12.3 Å². The van der Waals surface area contributed by atoms with Crippen LogP contribution in [0.1, 0.15) is 18.4 Å². The maximum Gasteiger partial charge on any atom is 0.354 e. The molecule has 0 radical (unpaired) electrons. The van der Waals surface area contributed by atoms with Gasteiger partial charge in [0.2, 0.25) is 5.91 Å². The van der Waals surface area contributed by atoms with Gasteiger partial charge in [-0.1, -0.05) is 24.3 Å². The topological polar surface area (TPSA) is 68.2 Å². The number of rotatable bonds is 5. The van der Waals surface area contributed by atoms with Gasteiger partial charge in [-0.15, -0.1) is 0 Å². The number of ether oxygens (including phenoxy) is 2. The largest absolute Gasteiger partial charge is 0.494 e. The number of carbonyl (C=O) groups excluding carboxylic acids is 2. The molecule has 1 amide bonds. The summed E-state index contributed by atoms with van der Waals surface area (Å²) in [4.78, 5) is 24.3. The minimum Gasteiger partial charge on any atom is -0.494 e. The van der Waals surface area contributed by atoms with Crippen molar-refractivity contribution in [3.8, 4) is 5.75 Å². The number of hydrogen-bond acceptors (Lipinski definition) is 5. The van der Waals surface area contributed by atoms with Gasteiger partial charge in [-0.05, 0) is 29.8 Å². The molecule has 26 heavy (non-hydrogen) atoms. The molecule has 0 aliphatic carbocycles. The van der Waals surface area contributed by atoms with Gasteiger partial charge >= 0.3 is 5.97 Å². The summed E-state index contributed by atoms with van der Waals surface area (Å²) in [5.74, 6) is -1.23. The van der Waals surface area contributed by atoms with E-state index in [1.165, 1.54) is 24.3 Å². The van der Waals surface area contributed by atoms with Crippen molar-refractivity contribution < 1.29 is 23.5 Å². The molecule has 1 aliphatic rings. The summed E-state index contributed by atoms with van der Waals surface area (Å²) < 4.78 is 23.7. The normalized spacial score (nSPS) is 14.0. The minimum atomic E-state index is -0.630. The summed E-state index contributed by atoms with van der Waals surface area (Å²) in [6.45, 7) is -0.0992. The third kappa shape index (κ3) is 3.88. The maximum absolute atomic E-state index is 13.7. The fraction of sp³-hybridized carbons (Fsp3) is 0.211. The van der Waals surface area contributed by atoms with E-state index in [0.717, 1.165) is 0 Å². The molecular formula is C19H17FN2O4. The molecule has 1 heterocycles. The van der Waals surface area contributed by atoms with Crippen LogP contribution in [-0.2, 0) is 20.9 Å². The first kappa shape index (κ1) is 17.6. The smallest absolute Gasteiger partial charge is 0.354 e. The number of hydrogen-bond donors (Lipinski definition) is 0. The number of halogens is 1. The lowest BCUT2D eigenvalue weighted by atomic mass is 10.1. The van der Waals surface area contributed by atoms with Gasteiger partial charge in [-0.25, -0.2) is 14.2 Å². The van der Waals surface area contributed by atoms with Crippen molar-refractivity contribution in [3.05, 3.63) is 59.9 Å². The molecule has 0 fully saturated rings. The first-order valence-corrected chi connectivity index (χ1v) is 8.03. The van der Waals surface area contributed by atoms with Crippen LogP contribution in [0.3, 0.4) is 0 Å². The standard InChI is InChI=1S/C19H17FN2O4/c1-25-17-9-7-13(11-15(17)20)12-26-19(24)16-8-10-18(23)22(21-16)14-5-3-2-4-6-14/h2-7,9,11H,8,10,12H2,1H3. The fourth-order valence-corrected chi connectivity index (χ4v) is 2.50. The van der Waals surface area contributed by atoms with Gasteiger partial charge in [0.15, 0.2) is 11.6 Å². The predicted molar refractivity (Wildman–Crippen MR) is 93.3 cm³/mol. The summed E-state index contributed by atoms with van der Waals surface area (Å²) in [6.07, 6.45) is 0.373. The summed E-state index contributed by atoms with van der Waals surface area (Å²) in [6, 6.07) is 13.2. The number of methoxy groups -OCH3 is 1. The first-order chi connectivity index (χ1) is 12.6. The zero-order chi connectivity index (χ0) is 18.5. The number of para-hydroxylation sites is 1. The molecule has 0 atom stereocenters. The summed E-state index contributed by atoms with van der Waals surface area (Å²) in [5, 5.41) is 5.32. The Morgan fingerprint density at radius 3 is 2.65 bits per heavy atom. The Kier molecular flexibility index (Phi) is 5.26. The number of amides is 1. The highest BCUT2D eigenvalue weighted by Crippen LogP contribution is 2.21. The summed E-state index contributed by atoms with van der Waals surface area (Å²) >= 11 is 0. The number of anilines is 1. The van der Waals surface area contributed by atoms with Crippen molar-refractivity contribution >= 4 is 23.3 Å². The summed E-state index contributed by atoms with van der Waals surface area (Å²) in [5.41, 5.74) is 1.23. The molecule has 0 aromatic heterocycles. The highest BCUT2D eigenvalue weighted by Gasteiger charge is 2.26. The lowest BCUT2D eigenvalue weighted by Crippen LogP contribution is -2.34. The second-order valence-electron chi connectivity index (χ2n) is 5.63. The third-order valence-corrected chi connectivity index (χ3v) is 3.86. The Bertz CT molecular complexity index is 852. The Labute approximate surface area is 149 Å². The van der Waals surface area contributed by atoms with Crippen molar-refractivity contribution in [1.29, 1.82) is 0 Å². The number of nitrogens with zero attached hydrogens (tertiary/aromatic N) is 2. The van der Waals surface area contributed by atoms with E-state index >= 15 is 0 Å². The molecule has 0 saturated carbocycles. The van der Waals surface area contributed by atoms with Crippen LogP contribution < -0.4 is 9.75 Å².